The van der Waals surface area contributed by atoms with E-state index in [0.717, 1.165) is 6.42 Å². The molecule has 9 nitrogen and oxygen atoms in total. The van der Waals surface area contributed by atoms with Crippen LogP contribution in [0.3, 0.4) is 0 Å². The maximum Gasteiger partial charge on any atom is 0.280 e. The average molecular weight is 478 g/mol. The lowest BCUT2D eigenvalue weighted by Crippen LogP contribution is -2.43. The molecule has 3 heterocycles. The molecule has 1 aliphatic rings. The van der Waals surface area contributed by atoms with Crippen LogP contribution in [0, 0.1) is 0 Å². The van der Waals surface area contributed by atoms with Crippen molar-refractivity contribution in [3.8, 4) is 5.88 Å². The van der Waals surface area contributed by atoms with E-state index in [2.05, 4.69) is 10.1 Å². The fourth-order valence-electron chi connectivity index (χ4n) is 3.90. The van der Waals surface area contributed by atoms with Crippen molar-refractivity contribution in [1.82, 2.24) is 19.8 Å². The van der Waals surface area contributed by atoms with Crippen LogP contribution in [0.15, 0.2) is 34.9 Å². The molecule has 0 aromatic carbocycles. The van der Waals surface area contributed by atoms with Crippen LogP contribution in [0.4, 0.5) is 14.5 Å². The van der Waals surface area contributed by atoms with Crippen molar-refractivity contribution >= 4 is 11.4 Å². The molecule has 1 saturated heterocycles. The number of piperidine rings is 1. The Labute approximate surface area is 198 Å². The Balaban J connectivity index is 1.87. The van der Waals surface area contributed by atoms with E-state index in [9.17, 15) is 13.6 Å². The zero-order valence-corrected chi connectivity index (χ0v) is 19.9. The summed E-state index contributed by atoms with van der Waals surface area (Å²) in [6.07, 6.45) is 3.34. The first-order valence-electron chi connectivity index (χ1n) is 11.5. The largest absolute Gasteiger partial charge is 0.467 e. The predicted octanol–water partition coefficient (Wildman–Crippen LogP) is 2.36. The second-order valence-corrected chi connectivity index (χ2v) is 8.41. The lowest BCUT2D eigenvalue weighted by molar-refractivity contribution is -0.0117. The van der Waals surface area contributed by atoms with Crippen LogP contribution in [0.25, 0.3) is 5.70 Å². The zero-order chi connectivity index (χ0) is 24.9. The van der Waals surface area contributed by atoms with Crippen molar-refractivity contribution in [1.29, 1.82) is 0 Å². The van der Waals surface area contributed by atoms with Gasteiger partial charge < -0.3 is 20.4 Å². The fraction of sp³-hybridized carbons (Fsp3) is 0.522. The number of aryl methyl sites for hydroxylation is 2. The third-order valence-electron chi connectivity index (χ3n) is 5.66. The summed E-state index contributed by atoms with van der Waals surface area (Å²) < 4.78 is 35.2. The van der Waals surface area contributed by atoms with Gasteiger partial charge in [0.1, 0.15) is 6.61 Å². The number of ether oxygens (including phenoxy) is 1. The molecule has 34 heavy (non-hydrogen) atoms. The first-order chi connectivity index (χ1) is 16.1. The fourth-order valence-corrected chi connectivity index (χ4v) is 3.90. The van der Waals surface area contributed by atoms with Crippen molar-refractivity contribution < 1.29 is 13.5 Å². The second kappa shape index (κ2) is 10.8. The standard InChI is InChI=1S/C23H33F2N7O2/c1-4-11-32-13-9-20(33)22(29-32)34-14-19(30(3)27)21(26)17-7-8-18(16(5-2)28-17)31-12-6-10-23(24,25)15-31/h7-9,13H,4-6,10-12,14-15,26-27H2,1-3H3/b21-19-. The molecule has 0 spiro atoms. The minimum atomic E-state index is -2.71. The Hall–Kier alpha value is -3.21. The Bertz CT molecular complexity index is 1090. The van der Waals surface area contributed by atoms with E-state index >= 15 is 0 Å². The van der Waals surface area contributed by atoms with Crippen LogP contribution < -0.4 is 26.6 Å². The molecule has 0 amide bonds. The summed E-state index contributed by atoms with van der Waals surface area (Å²) in [5, 5.41) is 5.51. The van der Waals surface area contributed by atoms with E-state index in [1.807, 2.05) is 13.8 Å². The number of nitrogens with zero attached hydrogens (tertiary/aromatic N) is 5. The molecule has 0 saturated carbocycles. The molecule has 0 aliphatic carbocycles. The summed E-state index contributed by atoms with van der Waals surface area (Å²) in [5.41, 5.74) is 8.51. The molecule has 0 unspecified atom stereocenters. The number of hydrogen-bond donors (Lipinski definition) is 2. The van der Waals surface area contributed by atoms with Gasteiger partial charge in [-0.1, -0.05) is 13.8 Å². The normalized spacial score (nSPS) is 16.2. The first kappa shape index (κ1) is 25.4. The molecule has 0 bridgehead atoms. The molecule has 0 atom stereocenters. The Morgan fingerprint density at radius 3 is 2.71 bits per heavy atom. The Morgan fingerprint density at radius 1 is 1.29 bits per heavy atom. The highest BCUT2D eigenvalue weighted by Crippen LogP contribution is 2.32. The van der Waals surface area contributed by atoms with Crippen LogP contribution in [0.2, 0.25) is 0 Å². The summed E-state index contributed by atoms with van der Waals surface area (Å²) in [6, 6.07) is 4.86. The van der Waals surface area contributed by atoms with Gasteiger partial charge in [-0.15, -0.1) is 5.10 Å². The predicted molar refractivity (Wildman–Crippen MR) is 127 cm³/mol. The van der Waals surface area contributed by atoms with Crippen LogP contribution in [-0.2, 0) is 13.0 Å². The highest BCUT2D eigenvalue weighted by atomic mass is 19.3. The minimum Gasteiger partial charge on any atom is -0.467 e. The summed E-state index contributed by atoms with van der Waals surface area (Å²) >= 11 is 0. The Morgan fingerprint density at radius 2 is 2.06 bits per heavy atom. The van der Waals surface area contributed by atoms with Gasteiger partial charge in [0.2, 0.25) is 5.43 Å². The van der Waals surface area contributed by atoms with Crippen LogP contribution in [-0.4, -0.2) is 52.4 Å². The monoisotopic (exact) mass is 477 g/mol. The SMILES string of the molecule is CCCn1ccc(=O)c(OC/C(=C(/N)c2ccc(N3CCCC(F)(F)C3)c(CC)n2)N(C)N)n1. The van der Waals surface area contributed by atoms with Crippen molar-refractivity contribution in [3.05, 3.63) is 51.7 Å². The molecule has 186 valence electrons. The number of pyridine rings is 1. The number of hydrogen-bond acceptors (Lipinski definition) is 8. The second-order valence-electron chi connectivity index (χ2n) is 8.41. The smallest absolute Gasteiger partial charge is 0.280 e. The zero-order valence-electron chi connectivity index (χ0n) is 19.9. The highest BCUT2D eigenvalue weighted by molar-refractivity contribution is 5.65. The number of alkyl halides is 2. The molecular weight excluding hydrogens is 444 g/mol. The van der Waals surface area contributed by atoms with E-state index in [1.54, 1.807) is 35.0 Å². The lowest BCUT2D eigenvalue weighted by atomic mass is 10.1. The molecule has 3 rings (SSSR count). The highest BCUT2D eigenvalue weighted by Gasteiger charge is 2.36. The molecule has 11 heteroatoms. The third kappa shape index (κ3) is 6.02. The molecule has 2 aromatic rings. The van der Waals surface area contributed by atoms with Crippen molar-refractivity contribution in [2.75, 3.05) is 31.6 Å². The number of anilines is 1. The summed E-state index contributed by atoms with van der Waals surface area (Å²) in [4.78, 5) is 18.5. The number of hydrazine groups is 1. The minimum absolute atomic E-state index is 0.0494. The van der Waals surface area contributed by atoms with Gasteiger partial charge in [0, 0.05) is 38.8 Å². The molecular formula is C23H33F2N7O2. The summed E-state index contributed by atoms with van der Waals surface area (Å²) in [5.74, 6) is 3.23. The molecule has 2 aromatic heterocycles. The molecule has 4 N–H and O–H groups in total. The van der Waals surface area contributed by atoms with Gasteiger partial charge >= 0.3 is 0 Å². The number of halogens is 2. The lowest BCUT2D eigenvalue weighted by Gasteiger charge is -2.35. The average Bonchev–Trinajstić information content (AvgIpc) is 2.79. The van der Waals surface area contributed by atoms with E-state index in [-0.39, 0.29) is 36.6 Å². The number of rotatable bonds is 9. The van der Waals surface area contributed by atoms with Gasteiger partial charge in [-0.3, -0.25) is 9.48 Å². The van der Waals surface area contributed by atoms with Gasteiger partial charge in [-0.05, 0) is 31.4 Å². The topological polar surface area (TPSA) is 116 Å². The maximum atomic E-state index is 13.9. The summed E-state index contributed by atoms with van der Waals surface area (Å²) in [6.45, 7) is 4.71. The third-order valence-corrected chi connectivity index (χ3v) is 5.66. The van der Waals surface area contributed by atoms with Crippen LogP contribution >= 0.6 is 0 Å². The van der Waals surface area contributed by atoms with Gasteiger partial charge in [0.25, 0.3) is 11.8 Å². The van der Waals surface area contributed by atoms with Gasteiger partial charge in [0.15, 0.2) is 0 Å². The van der Waals surface area contributed by atoms with Crippen LogP contribution in [0.5, 0.6) is 5.88 Å². The Kier molecular flexibility index (Phi) is 8.08. The van der Waals surface area contributed by atoms with Gasteiger partial charge in [-0.2, -0.15) is 0 Å². The van der Waals surface area contributed by atoms with E-state index in [0.29, 0.717) is 48.7 Å². The van der Waals surface area contributed by atoms with E-state index < -0.39 is 5.92 Å². The van der Waals surface area contributed by atoms with E-state index in [1.165, 1.54) is 11.1 Å². The number of likely N-dealkylation sites (N-methyl/N-ethyl adjacent to an activating group) is 1. The number of aromatic nitrogens is 3. The van der Waals surface area contributed by atoms with Gasteiger partial charge in [0.05, 0.1) is 35.0 Å². The maximum absolute atomic E-state index is 13.9. The quantitative estimate of drug-likeness (QED) is 0.418. The van der Waals surface area contributed by atoms with Crippen LogP contribution in [0.1, 0.15) is 44.5 Å². The van der Waals surface area contributed by atoms with Crippen molar-refractivity contribution in [2.45, 2.75) is 52.0 Å². The van der Waals surface area contributed by atoms with E-state index in [4.69, 9.17) is 16.3 Å². The molecule has 0 radical (unpaired) electrons. The van der Waals surface area contributed by atoms with Crippen molar-refractivity contribution in [2.24, 2.45) is 11.6 Å². The van der Waals surface area contributed by atoms with Gasteiger partial charge in [-0.25, -0.2) is 19.6 Å². The summed E-state index contributed by atoms with van der Waals surface area (Å²) in [7, 11) is 1.60. The molecule has 1 aliphatic heterocycles. The number of nitrogens with two attached hydrogens (primary N) is 2. The first-order valence-corrected chi connectivity index (χ1v) is 11.5. The molecule has 1 fully saturated rings. The van der Waals surface area contributed by atoms with Crippen molar-refractivity contribution in [3.63, 3.8) is 0 Å².